The second-order valence-electron chi connectivity index (χ2n) is 5.44. The van der Waals surface area contributed by atoms with Crippen molar-refractivity contribution < 1.29 is 4.79 Å². The third-order valence-electron chi connectivity index (χ3n) is 3.90. The van der Waals surface area contributed by atoms with Crippen LogP contribution in [0.25, 0.3) is 21.8 Å². The number of amides is 1. The lowest BCUT2D eigenvalue weighted by Crippen LogP contribution is -2.30. The maximum Gasteiger partial charge on any atom is 0.270 e. The Bertz CT molecular complexity index is 848. The lowest BCUT2D eigenvalue weighted by atomic mass is 10.2. The number of aromatic amines is 1. The van der Waals surface area contributed by atoms with E-state index in [-0.39, 0.29) is 5.91 Å². The minimum Gasteiger partial charge on any atom is -0.399 e. The van der Waals surface area contributed by atoms with Crippen LogP contribution in [0.15, 0.2) is 41.9 Å². The molecule has 3 N–H and O–H groups in total. The van der Waals surface area contributed by atoms with Crippen LogP contribution in [0.2, 0.25) is 0 Å². The highest BCUT2D eigenvalue weighted by molar-refractivity contribution is 7.13. The first-order chi connectivity index (χ1) is 11.6. The van der Waals surface area contributed by atoms with Gasteiger partial charge in [0.15, 0.2) is 0 Å². The van der Waals surface area contributed by atoms with Crippen molar-refractivity contribution >= 4 is 22.9 Å². The van der Waals surface area contributed by atoms with E-state index < -0.39 is 0 Å². The van der Waals surface area contributed by atoms with Crippen molar-refractivity contribution in [3.05, 3.63) is 47.6 Å². The minimum atomic E-state index is 0.0116. The first kappa shape index (κ1) is 16.3. The molecule has 0 saturated carbocycles. The Labute approximate surface area is 145 Å². The summed E-state index contributed by atoms with van der Waals surface area (Å²) in [5.41, 5.74) is 9.91. The highest BCUT2D eigenvalue weighted by Crippen LogP contribution is 2.30. The Morgan fingerprint density at radius 1 is 1.25 bits per heavy atom. The number of carbonyl (C=O) groups is 1. The molecule has 0 atom stereocenters. The fourth-order valence-electron chi connectivity index (χ4n) is 2.56. The maximum atomic E-state index is 12.4. The molecule has 2 heterocycles. The molecular formula is C18H20N4OS. The molecule has 0 fully saturated rings. The van der Waals surface area contributed by atoms with Gasteiger partial charge < -0.3 is 15.6 Å². The normalized spacial score (nSPS) is 10.8. The van der Waals surface area contributed by atoms with Crippen LogP contribution in [0.5, 0.6) is 0 Å². The molecule has 24 heavy (non-hydrogen) atoms. The number of anilines is 1. The van der Waals surface area contributed by atoms with Crippen LogP contribution in [0.1, 0.15) is 24.3 Å². The molecule has 1 aromatic carbocycles. The van der Waals surface area contributed by atoms with Crippen molar-refractivity contribution in [2.45, 2.75) is 13.8 Å². The van der Waals surface area contributed by atoms with Gasteiger partial charge in [-0.15, -0.1) is 11.3 Å². The van der Waals surface area contributed by atoms with E-state index in [2.05, 4.69) is 9.97 Å². The van der Waals surface area contributed by atoms with Gasteiger partial charge in [0.05, 0.1) is 5.69 Å². The highest BCUT2D eigenvalue weighted by atomic mass is 32.1. The van der Waals surface area contributed by atoms with E-state index >= 15 is 0 Å². The molecule has 0 bridgehead atoms. The maximum absolute atomic E-state index is 12.4. The predicted octanol–water partition coefficient (Wildman–Crippen LogP) is 3.87. The summed E-state index contributed by atoms with van der Waals surface area (Å²) in [6.07, 6.45) is 1.83. The quantitative estimate of drug-likeness (QED) is 0.692. The van der Waals surface area contributed by atoms with Crippen LogP contribution in [-0.2, 0) is 0 Å². The summed E-state index contributed by atoms with van der Waals surface area (Å²) < 4.78 is 0. The molecule has 124 valence electrons. The van der Waals surface area contributed by atoms with Gasteiger partial charge in [-0.1, -0.05) is 12.1 Å². The Morgan fingerprint density at radius 2 is 2.04 bits per heavy atom. The lowest BCUT2D eigenvalue weighted by Gasteiger charge is -2.17. The van der Waals surface area contributed by atoms with Gasteiger partial charge in [0, 0.05) is 41.5 Å². The van der Waals surface area contributed by atoms with Crippen LogP contribution in [0, 0.1) is 0 Å². The molecule has 0 aliphatic rings. The van der Waals surface area contributed by atoms with Gasteiger partial charge >= 0.3 is 0 Å². The fourth-order valence-corrected chi connectivity index (χ4v) is 3.38. The van der Waals surface area contributed by atoms with Gasteiger partial charge in [-0.05, 0) is 32.0 Å². The Morgan fingerprint density at radius 3 is 2.75 bits per heavy atom. The molecule has 1 amide bonds. The standard InChI is InChI=1S/C18H20N4OS/c1-3-22(4-2)18(23)15-9-13(10-20-15)16-11-24-17(21-16)12-6-5-7-14(19)8-12/h5-11,20H,3-4,19H2,1-2H3. The molecule has 0 saturated heterocycles. The average Bonchev–Trinajstić information content (AvgIpc) is 3.25. The zero-order valence-electron chi connectivity index (χ0n) is 13.7. The summed E-state index contributed by atoms with van der Waals surface area (Å²) in [5.74, 6) is 0.0116. The first-order valence-electron chi connectivity index (χ1n) is 7.91. The van der Waals surface area contributed by atoms with E-state index in [1.165, 1.54) is 0 Å². The highest BCUT2D eigenvalue weighted by Gasteiger charge is 2.16. The molecule has 6 heteroatoms. The summed E-state index contributed by atoms with van der Waals surface area (Å²) in [6, 6.07) is 9.54. The van der Waals surface area contributed by atoms with Gasteiger partial charge in [-0.25, -0.2) is 4.98 Å². The second kappa shape index (κ2) is 6.88. The fraction of sp³-hybridized carbons (Fsp3) is 0.222. The van der Waals surface area contributed by atoms with Crippen molar-refractivity contribution in [1.29, 1.82) is 0 Å². The van der Waals surface area contributed by atoms with E-state index in [0.717, 1.165) is 27.5 Å². The summed E-state index contributed by atoms with van der Waals surface area (Å²) in [6.45, 7) is 5.34. The van der Waals surface area contributed by atoms with Crippen LogP contribution in [0.4, 0.5) is 5.69 Å². The van der Waals surface area contributed by atoms with Crippen molar-refractivity contribution in [1.82, 2.24) is 14.9 Å². The number of thiazole rings is 1. The largest absolute Gasteiger partial charge is 0.399 e. The zero-order chi connectivity index (χ0) is 17.1. The number of H-pyrrole nitrogens is 1. The van der Waals surface area contributed by atoms with Crippen LogP contribution in [0.3, 0.4) is 0 Å². The van der Waals surface area contributed by atoms with Gasteiger partial charge in [0.25, 0.3) is 5.91 Å². The molecule has 0 aliphatic carbocycles. The molecule has 0 radical (unpaired) electrons. The predicted molar refractivity (Wildman–Crippen MR) is 99.0 cm³/mol. The number of aromatic nitrogens is 2. The molecular weight excluding hydrogens is 320 g/mol. The van der Waals surface area contributed by atoms with Gasteiger partial charge in [0.1, 0.15) is 10.7 Å². The Balaban J connectivity index is 1.85. The van der Waals surface area contributed by atoms with Crippen molar-refractivity contribution in [2.24, 2.45) is 0 Å². The number of nitrogens with two attached hydrogens (primary N) is 1. The topological polar surface area (TPSA) is 75.0 Å². The molecule has 2 aromatic heterocycles. The van der Waals surface area contributed by atoms with E-state index in [4.69, 9.17) is 5.73 Å². The average molecular weight is 340 g/mol. The third kappa shape index (κ3) is 3.19. The molecule has 0 spiro atoms. The monoisotopic (exact) mass is 340 g/mol. The smallest absolute Gasteiger partial charge is 0.270 e. The summed E-state index contributed by atoms with van der Waals surface area (Å²) in [5, 5.41) is 2.91. The number of nitrogen functional groups attached to an aromatic ring is 1. The number of carbonyl (C=O) groups excluding carboxylic acids is 1. The van der Waals surface area contributed by atoms with E-state index in [1.807, 2.05) is 55.8 Å². The van der Waals surface area contributed by atoms with Gasteiger partial charge in [-0.3, -0.25) is 4.79 Å². The van der Waals surface area contributed by atoms with Gasteiger partial charge in [-0.2, -0.15) is 0 Å². The van der Waals surface area contributed by atoms with E-state index in [0.29, 0.717) is 18.8 Å². The SMILES string of the molecule is CCN(CC)C(=O)c1cc(-c2csc(-c3cccc(N)c3)n2)c[nH]1. The first-order valence-corrected chi connectivity index (χ1v) is 8.79. The Kier molecular flexibility index (Phi) is 4.66. The molecule has 3 rings (SSSR count). The third-order valence-corrected chi connectivity index (χ3v) is 4.79. The van der Waals surface area contributed by atoms with Crippen molar-refractivity contribution in [3.63, 3.8) is 0 Å². The summed E-state index contributed by atoms with van der Waals surface area (Å²) >= 11 is 1.56. The van der Waals surface area contributed by atoms with Crippen LogP contribution in [-0.4, -0.2) is 33.9 Å². The lowest BCUT2D eigenvalue weighted by molar-refractivity contribution is 0.0768. The second-order valence-corrected chi connectivity index (χ2v) is 6.30. The number of hydrogen-bond acceptors (Lipinski definition) is 4. The molecule has 3 aromatic rings. The summed E-state index contributed by atoms with van der Waals surface area (Å²) in [7, 11) is 0. The zero-order valence-corrected chi connectivity index (χ0v) is 14.6. The number of nitrogens with zero attached hydrogens (tertiary/aromatic N) is 2. The van der Waals surface area contributed by atoms with Gasteiger partial charge in [0.2, 0.25) is 0 Å². The number of benzene rings is 1. The number of nitrogens with one attached hydrogen (secondary N) is 1. The molecule has 5 nitrogen and oxygen atoms in total. The Hall–Kier alpha value is -2.60. The van der Waals surface area contributed by atoms with Crippen molar-refractivity contribution in [3.8, 4) is 21.8 Å². The van der Waals surface area contributed by atoms with Crippen molar-refractivity contribution in [2.75, 3.05) is 18.8 Å². The van der Waals surface area contributed by atoms with Crippen LogP contribution >= 0.6 is 11.3 Å². The van der Waals surface area contributed by atoms with Crippen LogP contribution < -0.4 is 5.73 Å². The van der Waals surface area contributed by atoms with E-state index in [9.17, 15) is 4.79 Å². The molecule has 0 unspecified atom stereocenters. The number of rotatable bonds is 5. The molecule has 0 aliphatic heterocycles. The van der Waals surface area contributed by atoms with E-state index in [1.54, 1.807) is 16.2 Å². The summed E-state index contributed by atoms with van der Waals surface area (Å²) in [4.78, 5) is 21.9. The minimum absolute atomic E-state index is 0.0116. The number of hydrogen-bond donors (Lipinski definition) is 2.